The lowest BCUT2D eigenvalue weighted by molar-refractivity contribution is 0.358. The van der Waals surface area contributed by atoms with Crippen LogP contribution in [0.2, 0.25) is 0 Å². The van der Waals surface area contributed by atoms with Crippen LogP contribution in [0.15, 0.2) is 30.3 Å². The number of hydrogen-bond donors (Lipinski definition) is 2. The first-order valence-corrected chi connectivity index (χ1v) is 7.47. The summed E-state index contributed by atoms with van der Waals surface area (Å²) in [5.74, 6) is 0.119. The summed E-state index contributed by atoms with van der Waals surface area (Å²) < 4.78 is 23.6. The van der Waals surface area contributed by atoms with Crippen molar-refractivity contribution in [3.05, 3.63) is 35.9 Å². The zero-order valence-corrected chi connectivity index (χ0v) is 10.5. The maximum absolute atomic E-state index is 11.8. The predicted octanol–water partition coefficient (Wildman–Crippen LogP) is 1.02. The molecule has 1 aliphatic heterocycles. The van der Waals surface area contributed by atoms with Crippen molar-refractivity contribution in [2.75, 3.05) is 13.1 Å². The molecule has 1 heterocycles. The van der Waals surface area contributed by atoms with E-state index in [1.54, 1.807) is 0 Å². The van der Waals surface area contributed by atoms with Gasteiger partial charge in [-0.2, -0.15) is 0 Å². The summed E-state index contributed by atoms with van der Waals surface area (Å²) >= 11 is 0. The van der Waals surface area contributed by atoms with Crippen molar-refractivity contribution in [3.8, 4) is 0 Å². The van der Waals surface area contributed by atoms with Gasteiger partial charge >= 0.3 is 0 Å². The molecular formula is C12H18N2O2S. The van der Waals surface area contributed by atoms with Crippen LogP contribution in [0.1, 0.15) is 23.7 Å². The molecule has 1 unspecified atom stereocenters. The highest BCUT2D eigenvalue weighted by Gasteiger charge is 2.33. The van der Waals surface area contributed by atoms with Crippen molar-refractivity contribution in [2.24, 2.45) is 11.1 Å². The van der Waals surface area contributed by atoms with Gasteiger partial charge in [0.25, 0.3) is 0 Å². The molecule has 3 N–H and O–H groups in total. The number of rotatable bonds is 3. The van der Waals surface area contributed by atoms with E-state index < -0.39 is 15.3 Å². The Balaban J connectivity index is 2.32. The van der Waals surface area contributed by atoms with Crippen LogP contribution in [0.4, 0.5) is 0 Å². The topological polar surface area (TPSA) is 72.2 Å². The van der Waals surface area contributed by atoms with Crippen molar-refractivity contribution >= 4 is 10.0 Å². The average Bonchev–Trinajstić information content (AvgIpc) is 2.30. The molecular weight excluding hydrogens is 236 g/mol. The van der Waals surface area contributed by atoms with Crippen LogP contribution in [-0.4, -0.2) is 21.5 Å². The van der Waals surface area contributed by atoms with E-state index in [-0.39, 0.29) is 5.92 Å². The maximum atomic E-state index is 11.8. The van der Waals surface area contributed by atoms with Gasteiger partial charge in [-0.1, -0.05) is 30.3 Å². The van der Waals surface area contributed by atoms with Gasteiger partial charge in [-0.3, -0.25) is 0 Å². The van der Waals surface area contributed by atoms with Gasteiger partial charge in [0.1, 0.15) is 5.25 Å². The molecule has 1 aromatic rings. The lowest BCUT2D eigenvalue weighted by atomic mass is 9.90. The zero-order chi connectivity index (χ0) is 12.3. The third-order valence-electron chi connectivity index (χ3n) is 3.29. The highest BCUT2D eigenvalue weighted by Crippen LogP contribution is 2.33. The van der Waals surface area contributed by atoms with E-state index in [1.165, 1.54) is 0 Å². The van der Waals surface area contributed by atoms with E-state index in [4.69, 9.17) is 5.14 Å². The standard InChI is InChI=1S/C12H18N2O2S/c13-17(15,16)12(10-4-2-1-3-5-10)11-6-8-14-9-7-11/h1-5,11-12,14H,6-9H2,(H2,13,15,16). The fraction of sp³-hybridized carbons (Fsp3) is 0.500. The number of hydrogen-bond acceptors (Lipinski definition) is 3. The first-order chi connectivity index (χ1) is 8.09. The Labute approximate surface area is 102 Å². The van der Waals surface area contributed by atoms with Crippen LogP contribution in [0.25, 0.3) is 0 Å². The van der Waals surface area contributed by atoms with E-state index in [0.29, 0.717) is 0 Å². The minimum atomic E-state index is -3.55. The van der Waals surface area contributed by atoms with Gasteiger partial charge in [0.2, 0.25) is 10.0 Å². The maximum Gasteiger partial charge on any atom is 0.216 e. The highest BCUT2D eigenvalue weighted by atomic mass is 32.2. The van der Waals surface area contributed by atoms with Crippen LogP contribution < -0.4 is 10.5 Å². The van der Waals surface area contributed by atoms with Gasteiger partial charge in [-0.05, 0) is 37.4 Å². The first kappa shape index (κ1) is 12.5. The number of sulfonamides is 1. The van der Waals surface area contributed by atoms with Gasteiger partial charge in [0.05, 0.1) is 0 Å². The van der Waals surface area contributed by atoms with Crippen LogP contribution in [0, 0.1) is 5.92 Å². The summed E-state index contributed by atoms with van der Waals surface area (Å²) in [7, 11) is -3.55. The second-order valence-electron chi connectivity index (χ2n) is 4.51. The van der Waals surface area contributed by atoms with Crippen LogP contribution >= 0.6 is 0 Å². The van der Waals surface area contributed by atoms with Gasteiger partial charge in [-0.15, -0.1) is 0 Å². The predicted molar refractivity (Wildman–Crippen MR) is 67.9 cm³/mol. The molecule has 1 fully saturated rings. The summed E-state index contributed by atoms with van der Waals surface area (Å²) in [4.78, 5) is 0. The summed E-state index contributed by atoms with van der Waals surface area (Å²) in [6, 6.07) is 9.28. The molecule has 4 nitrogen and oxygen atoms in total. The van der Waals surface area contributed by atoms with Crippen molar-refractivity contribution in [3.63, 3.8) is 0 Å². The second kappa shape index (κ2) is 5.16. The molecule has 17 heavy (non-hydrogen) atoms. The summed E-state index contributed by atoms with van der Waals surface area (Å²) in [6.07, 6.45) is 1.71. The molecule has 0 spiro atoms. The molecule has 0 saturated carbocycles. The van der Waals surface area contributed by atoms with Gasteiger partial charge < -0.3 is 5.32 Å². The number of nitrogens with two attached hydrogens (primary N) is 1. The number of nitrogens with one attached hydrogen (secondary N) is 1. The number of benzene rings is 1. The Bertz CT molecular complexity index is 453. The summed E-state index contributed by atoms with van der Waals surface area (Å²) in [5, 5.41) is 8.07. The molecule has 1 aromatic carbocycles. The Morgan fingerprint density at radius 2 is 1.76 bits per heavy atom. The molecule has 0 radical (unpaired) electrons. The highest BCUT2D eigenvalue weighted by molar-refractivity contribution is 7.89. The van der Waals surface area contributed by atoms with Crippen molar-refractivity contribution in [1.82, 2.24) is 5.32 Å². The molecule has 0 aliphatic carbocycles. The normalized spacial score (nSPS) is 20.1. The third-order valence-corrected chi connectivity index (χ3v) is 4.66. The lowest BCUT2D eigenvalue weighted by Gasteiger charge is -2.29. The molecule has 0 amide bonds. The Kier molecular flexibility index (Phi) is 3.81. The van der Waals surface area contributed by atoms with Crippen molar-refractivity contribution < 1.29 is 8.42 Å². The largest absolute Gasteiger partial charge is 0.317 e. The molecule has 2 rings (SSSR count). The quantitative estimate of drug-likeness (QED) is 0.845. The SMILES string of the molecule is NS(=O)(=O)C(c1ccccc1)C1CCNCC1. The summed E-state index contributed by atoms with van der Waals surface area (Å²) in [6.45, 7) is 1.73. The fourth-order valence-electron chi connectivity index (χ4n) is 2.52. The van der Waals surface area contributed by atoms with Crippen LogP contribution in [0.5, 0.6) is 0 Å². The van der Waals surface area contributed by atoms with Gasteiger partial charge in [0.15, 0.2) is 0 Å². The Hall–Kier alpha value is -0.910. The minimum Gasteiger partial charge on any atom is -0.317 e. The molecule has 1 atom stereocenters. The molecule has 0 aromatic heterocycles. The second-order valence-corrected chi connectivity index (χ2v) is 6.19. The lowest BCUT2D eigenvalue weighted by Crippen LogP contribution is -2.35. The van der Waals surface area contributed by atoms with Gasteiger partial charge in [-0.25, -0.2) is 13.6 Å². The molecule has 0 bridgehead atoms. The molecule has 5 heteroatoms. The van der Waals surface area contributed by atoms with Gasteiger partial charge in [0, 0.05) is 0 Å². The smallest absolute Gasteiger partial charge is 0.216 e. The summed E-state index contributed by atoms with van der Waals surface area (Å²) in [5.41, 5.74) is 0.807. The van der Waals surface area contributed by atoms with Crippen LogP contribution in [-0.2, 0) is 10.0 Å². The zero-order valence-electron chi connectivity index (χ0n) is 9.67. The molecule has 1 saturated heterocycles. The van der Waals surface area contributed by atoms with Crippen molar-refractivity contribution in [2.45, 2.75) is 18.1 Å². The van der Waals surface area contributed by atoms with E-state index in [2.05, 4.69) is 5.32 Å². The van der Waals surface area contributed by atoms with Crippen LogP contribution in [0.3, 0.4) is 0 Å². The first-order valence-electron chi connectivity index (χ1n) is 5.86. The van der Waals surface area contributed by atoms with E-state index in [0.717, 1.165) is 31.5 Å². The van der Waals surface area contributed by atoms with E-state index in [9.17, 15) is 8.42 Å². The fourth-order valence-corrected chi connectivity index (χ4v) is 3.86. The number of primary sulfonamides is 1. The minimum absolute atomic E-state index is 0.119. The molecule has 94 valence electrons. The average molecular weight is 254 g/mol. The monoisotopic (exact) mass is 254 g/mol. The Morgan fingerprint density at radius 3 is 2.29 bits per heavy atom. The van der Waals surface area contributed by atoms with E-state index in [1.807, 2.05) is 30.3 Å². The number of piperidine rings is 1. The van der Waals surface area contributed by atoms with E-state index >= 15 is 0 Å². The van der Waals surface area contributed by atoms with Crippen molar-refractivity contribution in [1.29, 1.82) is 0 Å². The third kappa shape index (κ3) is 3.06. The molecule has 1 aliphatic rings. The Morgan fingerprint density at radius 1 is 1.18 bits per heavy atom.